The van der Waals surface area contributed by atoms with Crippen LogP contribution in [-0.2, 0) is 4.79 Å². The Labute approximate surface area is 193 Å². The van der Waals surface area contributed by atoms with Crippen LogP contribution in [0.15, 0.2) is 53.4 Å². The molecule has 0 spiro atoms. The molecule has 2 aromatic carbocycles. The molecule has 0 aromatic heterocycles. The number of amides is 1. The molecular formula is C24H31N3O4S. The van der Waals surface area contributed by atoms with E-state index < -0.39 is 6.10 Å². The van der Waals surface area contributed by atoms with E-state index in [1.165, 1.54) is 11.8 Å². The van der Waals surface area contributed by atoms with E-state index in [9.17, 15) is 9.90 Å². The quantitative estimate of drug-likeness (QED) is 0.657. The first kappa shape index (κ1) is 23.1. The van der Waals surface area contributed by atoms with E-state index in [1.807, 2.05) is 48.5 Å². The van der Waals surface area contributed by atoms with Crippen molar-refractivity contribution in [2.75, 3.05) is 64.4 Å². The Morgan fingerprint density at radius 1 is 0.969 bits per heavy atom. The van der Waals surface area contributed by atoms with E-state index in [-0.39, 0.29) is 17.8 Å². The van der Waals surface area contributed by atoms with E-state index in [0.717, 1.165) is 54.6 Å². The fraction of sp³-hybridized carbons (Fsp3) is 0.458. The van der Waals surface area contributed by atoms with Gasteiger partial charge in [-0.15, -0.1) is 11.8 Å². The lowest BCUT2D eigenvalue weighted by molar-refractivity contribution is -0.126. The summed E-state index contributed by atoms with van der Waals surface area (Å²) in [6, 6.07) is 15.4. The third kappa shape index (κ3) is 5.10. The summed E-state index contributed by atoms with van der Waals surface area (Å²) in [5, 5.41) is 19.8. The topological polar surface area (TPSA) is 76.5 Å². The summed E-state index contributed by atoms with van der Waals surface area (Å²) in [5.41, 5.74) is 1.75. The van der Waals surface area contributed by atoms with Gasteiger partial charge in [-0.25, -0.2) is 0 Å². The zero-order valence-electron chi connectivity index (χ0n) is 18.4. The van der Waals surface area contributed by atoms with Crippen LogP contribution in [0.25, 0.3) is 0 Å². The maximum Gasteiger partial charge on any atom is 0.257 e. The number of benzene rings is 2. The largest absolute Gasteiger partial charge is 0.497 e. The van der Waals surface area contributed by atoms with Gasteiger partial charge in [0.25, 0.3) is 5.91 Å². The van der Waals surface area contributed by atoms with Gasteiger partial charge >= 0.3 is 0 Å². The van der Waals surface area contributed by atoms with Crippen molar-refractivity contribution in [3.63, 3.8) is 0 Å². The fourth-order valence-corrected chi connectivity index (χ4v) is 5.55. The average Bonchev–Trinajstić information content (AvgIpc) is 2.94. The number of aliphatic hydroxyl groups excluding tert-OH is 2. The molecule has 7 nitrogen and oxygen atoms in total. The van der Waals surface area contributed by atoms with Crippen molar-refractivity contribution in [2.24, 2.45) is 0 Å². The summed E-state index contributed by atoms with van der Waals surface area (Å²) in [7, 11) is 1.62. The van der Waals surface area contributed by atoms with Crippen molar-refractivity contribution in [1.29, 1.82) is 0 Å². The van der Waals surface area contributed by atoms with Crippen LogP contribution in [-0.4, -0.2) is 91.6 Å². The summed E-state index contributed by atoms with van der Waals surface area (Å²) in [5.74, 6) is 0.483. The Morgan fingerprint density at radius 2 is 1.62 bits per heavy atom. The van der Waals surface area contributed by atoms with Crippen LogP contribution >= 0.6 is 11.8 Å². The highest BCUT2D eigenvalue weighted by molar-refractivity contribution is 7.99. The minimum Gasteiger partial charge on any atom is -0.497 e. The van der Waals surface area contributed by atoms with Crippen LogP contribution in [0, 0.1) is 0 Å². The van der Waals surface area contributed by atoms with Crippen molar-refractivity contribution < 1.29 is 19.7 Å². The zero-order chi connectivity index (χ0) is 22.5. The van der Waals surface area contributed by atoms with E-state index in [1.54, 1.807) is 12.0 Å². The third-order valence-corrected chi connectivity index (χ3v) is 7.56. The second-order valence-electron chi connectivity index (χ2n) is 8.12. The van der Waals surface area contributed by atoms with Gasteiger partial charge in [-0.1, -0.05) is 24.3 Å². The first-order chi connectivity index (χ1) is 15.6. The number of piperazine rings is 1. The predicted molar refractivity (Wildman–Crippen MR) is 126 cm³/mol. The van der Waals surface area contributed by atoms with E-state index in [4.69, 9.17) is 9.84 Å². The highest BCUT2D eigenvalue weighted by Gasteiger charge is 2.37. The molecule has 172 valence electrons. The van der Waals surface area contributed by atoms with Crippen molar-refractivity contribution >= 4 is 23.4 Å². The van der Waals surface area contributed by atoms with Crippen LogP contribution in [0.5, 0.6) is 5.75 Å². The number of carbonyl (C=O) groups is 1. The van der Waals surface area contributed by atoms with Gasteiger partial charge in [-0.05, 0) is 29.8 Å². The maximum atomic E-state index is 13.4. The molecule has 0 saturated carbocycles. The van der Waals surface area contributed by atoms with Crippen molar-refractivity contribution in [1.82, 2.24) is 9.80 Å². The number of hydrogen-bond acceptors (Lipinski definition) is 7. The average molecular weight is 458 g/mol. The molecule has 0 bridgehead atoms. The first-order valence-corrected chi connectivity index (χ1v) is 11.9. The van der Waals surface area contributed by atoms with Gasteiger partial charge in [0.1, 0.15) is 11.9 Å². The van der Waals surface area contributed by atoms with Gasteiger partial charge in [0.2, 0.25) is 0 Å². The smallest absolute Gasteiger partial charge is 0.257 e. The van der Waals surface area contributed by atoms with Crippen molar-refractivity contribution in [3.05, 3.63) is 54.1 Å². The Hall–Kier alpha value is -2.10. The Kier molecular flexibility index (Phi) is 7.70. The van der Waals surface area contributed by atoms with Gasteiger partial charge in [-0.3, -0.25) is 14.6 Å². The van der Waals surface area contributed by atoms with Crippen molar-refractivity contribution in [2.45, 2.75) is 16.2 Å². The number of aliphatic hydroxyl groups is 2. The Morgan fingerprint density at radius 3 is 2.28 bits per heavy atom. The number of β-amino-alcohol motifs (C(OH)–C–C–N with tert-alkyl or cyclic N) is 1. The molecule has 32 heavy (non-hydrogen) atoms. The minimum absolute atomic E-state index is 0.185. The number of hydrogen-bond donors (Lipinski definition) is 2. The number of para-hydroxylation sites is 1. The highest BCUT2D eigenvalue weighted by Crippen LogP contribution is 2.45. The number of fused-ring (bicyclic) bond motifs is 1. The molecule has 1 amide bonds. The lowest BCUT2D eigenvalue weighted by atomic mass is 10.1. The van der Waals surface area contributed by atoms with Gasteiger partial charge in [0.05, 0.1) is 24.7 Å². The monoisotopic (exact) mass is 457 g/mol. The van der Waals surface area contributed by atoms with Crippen LogP contribution < -0.4 is 9.64 Å². The van der Waals surface area contributed by atoms with Crippen LogP contribution in [0.2, 0.25) is 0 Å². The number of anilines is 1. The summed E-state index contributed by atoms with van der Waals surface area (Å²) in [4.78, 5) is 20.7. The number of carbonyl (C=O) groups excluding carboxylic acids is 1. The maximum absolute atomic E-state index is 13.4. The van der Waals surface area contributed by atoms with E-state index >= 15 is 0 Å². The van der Waals surface area contributed by atoms with Crippen LogP contribution in [0.1, 0.15) is 10.8 Å². The second-order valence-corrected chi connectivity index (χ2v) is 9.30. The first-order valence-electron chi connectivity index (χ1n) is 11.1. The molecule has 2 N–H and O–H groups in total. The number of thioether (sulfide) groups is 1. The van der Waals surface area contributed by atoms with Gasteiger partial charge < -0.3 is 19.8 Å². The van der Waals surface area contributed by atoms with Gasteiger partial charge in [0.15, 0.2) is 0 Å². The minimum atomic E-state index is -1.14. The van der Waals surface area contributed by atoms with E-state index in [2.05, 4.69) is 9.80 Å². The molecule has 8 heteroatoms. The summed E-state index contributed by atoms with van der Waals surface area (Å²) in [6.07, 6.45) is -1.14. The molecule has 2 aliphatic rings. The molecular weight excluding hydrogens is 426 g/mol. The van der Waals surface area contributed by atoms with Crippen molar-refractivity contribution in [3.8, 4) is 5.75 Å². The fourth-order valence-electron chi connectivity index (χ4n) is 4.28. The number of nitrogens with zero attached hydrogens (tertiary/aromatic N) is 3. The van der Waals surface area contributed by atoms with Gasteiger partial charge in [0, 0.05) is 50.7 Å². The summed E-state index contributed by atoms with van der Waals surface area (Å²) < 4.78 is 5.25. The molecule has 2 heterocycles. The number of rotatable bonds is 7. The van der Waals surface area contributed by atoms with Gasteiger partial charge in [-0.2, -0.15) is 0 Å². The number of methoxy groups -OCH3 is 1. The standard InChI is InChI=1S/C24H31N3O4S/c1-31-19-8-6-18(7-9-19)23-22(29)24(30)27(20-4-2-3-5-21(20)32-23)15-14-25-10-12-26(13-11-25)16-17-28/h2-9,22-23,28-29H,10-17H2,1H3/t22-,23+/m1/s1. The SMILES string of the molecule is COc1ccc([C@@H]2Sc3ccccc3N(CCN3CCN(CCO)CC3)C(=O)[C@@H]2O)cc1. The van der Waals surface area contributed by atoms with Crippen LogP contribution in [0.4, 0.5) is 5.69 Å². The lowest BCUT2D eigenvalue weighted by Gasteiger charge is -2.35. The normalized spacial score (nSPS) is 22.5. The predicted octanol–water partition coefficient (Wildman–Crippen LogP) is 1.85. The Balaban J connectivity index is 1.50. The highest BCUT2D eigenvalue weighted by atomic mass is 32.2. The lowest BCUT2D eigenvalue weighted by Crippen LogP contribution is -2.50. The zero-order valence-corrected chi connectivity index (χ0v) is 19.2. The molecule has 1 saturated heterocycles. The molecule has 2 aromatic rings. The third-order valence-electron chi connectivity index (χ3n) is 6.18. The second kappa shape index (κ2) is 10.7. The molecule has 0 unspecified atom stereocenters. The molecule has 1 fully saturated rings. The van der Waals surface area contributed by atoms with E-state index in [0.29, 0.717) is 13.1 Å². The summed E-state index contributed by atoms with van der Waals surface area (Å²) in [6.45, 7) is 5.84. The summed E-state index contributed by atoms with van der Waals surface area (Å²) >= 11 is 1.53. The molecule has 4 rings (SSSR count). The molecule has 0 radical (unpaired) electrons. The number of ether oxygens (including phenoxy) is 1. The molecule has 2 aliphatic heterocycles. The molecule has 0 aliphatic carbocycles. The van der Waals surface area contributed by atoms with Crippen LogP contribution in [0.3, 0.4) is 0 Å². The Bertz CT molecular complexity index is 902. The molecule has 2 atom stereocenters.